The normalized spacial score (nSPS) is 8.79. The summed E-state index contributed by atoms with van der Waals surface area (Å²) < 4.78 is 5.00. The smallest absolute Gasteiger partial charge is 0.389 e. The topological polar surface area (TPSA) is 26.3 Å². The third-order valence-electron chi connectivity index (χ3n) is 1.63. The minimum Gasteiger partial charge on any atom is -0.417 e. The van der Waals surface area contributed by atoms with E-state index in [-0.39, 0.29) is 0 Å². The first-order chi connectivity index (χ1) is 6.61. The van der Waals surface area contributed by atoms with Crippen LogP contribution in [0.4, 0.5) is 0 Å². The molecule has 72 valence electrons. The zero-order chi connectivity index (χ0) is 10.6. The number of carbonyl (C=O) groups excluding carboxylic acids is 1. The van der Waals surface area contributed by atoms with E-state index in [0.717, 1.165) is 11.1 Å². The number of esters is 1. The summed E-state index contributed by atoms with van der Waals surface area (Å²) in [6.45, 7) is 5.51. The summed E-state index contributed by atoms with van der Waals surface area (Å²) in [5, 5.41) is 0. The van der Waals surface area contributed by atoms with Crippen LogP contribution in [0.25, 0.3) is 0 Å². The molecule has 0 bridgehead atoms. The lowest BCUT2D eigenvalue weighted by Crippen LogP contribution is -2.04. The van der Waals surface area contributed by atoms with Crippen LogP contribution in [0, 0.1) is 25.7 Å². The van der Waals surface area contributed by atoms with Crippen molar-refractivity contribution in [2.75, 3.05) is 0 Å². The Hall–Kier alpha value is -1.75. The fourth-order valence-electron chi connectivity index (χ4n) is 1.23. The summed E-state index contributed by atoms with van der Waals surface area (Å²) in [5.74, 6) is 4.85. The molecule has 0 N–H and O–H groups in total. The van der Waals surface area contributed by atoms with Gasteiger partial charge in [-0.3, -0.25) is 0 Å². The van der Waals surface area contributed by atoms with Gasteiger partial charge in [-0.25, -0.2) is 4.79 Å². The Bertz CT molecular complexity index is 388. The zero-order valence-corrected chi connectivity index (χ0v) is 8.55. The van der Waals surface area contributed by atoms with E-state index in [0.29, 0.717) is 5.75 Å². The van der Waals surface area contributed by atoms with Gasteiger partial charge in [0, 0.05) is 5.92 Å². The van der Waals surface area contributed by atoms with E-state index in [9.17, 15) is 4.79 Å². The summed E-state index contributed by atoms with van der Waals surface area (Å²) in [5.41, 5.74) is 2.13. The maximum atomic E-state index is 11.0. The van der Waals surface area contributed by atoms with Crippen molar-refractivity contribution < 1.29 is 9.53 Å². The first-order valence-electron chi connectivity index (χ1n) is 4.34. The van der Waals surface area contributed by atoms with Crippen molar-refractivity contribution in [1.82, 2.24) is 0 Å². The van der Waals surface area contributed by atoms with Gasteiger partial charge in [0.1, 0.15) is 5.75 Å². The molecular weight excluding hydrogens is 176 g/mol. The summed E-state index contributed by atoms with van der Waals surface area (Å²) in [7, 11) is 0. The van der Waals surface area contributed by atoms with Crippen LogP contribution in [0.3, 0.4) is 0 Å². The molecule has 0 spiro atoms. The minimum absolute atomic E-state index is 0.516. The monoisotopic (exact) mass is 188 g/mol. The largest absolute Gasteiger partial charge is 0.417 e. The SMILES string of the molecule is CC#CC(=O)Oc1cc(C)cc(C)c1. The van der Waals surface area contributed by atoms with E-state index < -0.39 is 5.97 Å². The van der Waals surface area contributed by atoms with E-state index in [1.54, 1.807) is 6.92 Å². The average Bonchev–Trinajstić information content (AvgIpc) is 2.01. The van der Waals surface area contributed by atoms with Crippen LogP contribution in [-0.2, 0) is 4.79 Å². The van der Waals surface area contributed by atoms with Crippen molar-refractivity contribution in [1.29, 1.82) is 0 Å². The standard InChI is InChI=1S/C12H12O2/c1-4-5-12(13)14-11-7-9(2)6-10(3)8-11/h6-8H,1-3H3. The predicted octanol–water partition coefficient (Wildman–Crippen LogP) is 2.23. The van der Waals surface area contributed by atoms with Crippen LogP contribution < -0.4 is 4.74 Å². The lowest BCUT2D eigenvalue weighted by Gasteiger charge is -2.02. The molecule has 2 heteroatoms. The third kappa shape index (κ3) is 2.95. The molecule has 14 heavy (non-hydrogen) atoms. The molecule has 0 aliphatic rings. The van der Waals surface area contributed by atoms with Crippen molar-refractivity contribution in [3.63, 3.8) is 0 Å². The molecule has 0 fully saturated rings. The van der Waals surface area contributed by atoms with E-state index in [1.165, 1.54) is 0 Å². The molecule has 1 rings (SSSR count). The Balaban J connectivity index is 2.85. The number of hydrogen-bond donors (Lipinski definition) is 0. The highest BCUT2D eigenvalue weighted by Gasteiger charge is 2.01. The highest BCUT2D eigenvalue weighted by Crippen LogP contribution is 2.15. The number of aryl methyl sites for hydroxylation is 2. The fourth-order valence-corrected chi connectivity index (χ4v) is 1.23. The van der Waals surface area contributed by atoms with E-state index >= 15 is 0 Å². The summed E-state index contributed by atoms with van der Waals surface area (Å²) >= 11 is 0. The molecule has 0 saturated heterocycles. The molecule has 0 aliphatic heterocycles. The van der Waals surface area contributed by atoms with Gasteiger partial charge in [0.25, 0.3) is 0 Å². The number of carbonyl (C=O) groups is 1. The van der Waals surface area contributed by atoms with Crippen molar-refractivity contribution >= 4 is 5.97 Å². The highest BCUT2D eigenvalue weighted by molar-refractivity contribution is 5.90. The van der Waals surface area contributed by atoms with Gasteiger partial charge in [0.05, 0.1) is 0 Å². The molecule has 0 aromatic heterocycles. The number of hydrogen-bond acceptors (Lipinski definition) is 2. The van der Waals surface area contributed by atoms with E-state index in [2.05, 4.69) is 11.8 Å². The second kappa shape index (κ2) is 4.48. The number of rotatable bonds is 1. The molecule has 2 nitrogen and oxygen atoms in total. The average molecular weight is 188 g/mol. The highest BCUT2D eigenvalue weighted by atomic mass is 16.5. The van der Waals surface area contributed by atoms with E-state index in [4.69, 9.17) is 4.74 Å². The first kappa shape index (κ1) is 10.3. The second-order valence-corrected chi connectivity index (χ2v) is 3.09. The molecule has 0 saturated carbocycles. The Morgan fingerprint density at radius 2 is 1.79 bits per heavy atom. The second-order valence-electron chi connectivity index (χ2n) is 3.09. The molecule has 1 aromatic carbocycles. The maximum Gasteiger partial charge on any atom is 0.389 e. The van der Waals surface area contributed by atoms with Crippen molar-refractivity contribution in [3.05, 3.63) is 29.3 Å². The molecule has 0 unspecified atom stereocenters. The van der Waals surface area contributed by atoms with E-state index in [1.807, 2.05) is 32.0 Å². The summed E-state index contributed by atoms with van der Waals surface area (Å²) in [4.78, 5) is 11.0. The Kier molecular flexibility index (Phi) is 3.30. The van der Waals surface area contributed by atoms with Crippen LogP contribution in [0.1, 0.15) is 18.1 Å². The van der Waals surface area contributed by atoms with Gasteiger partial charge in [-0.05, 0) is 44.0 Å². The van der Waals surface area contributed by atoms with Gasteiger partial charge in [0.2, 0.25) is 0 Å². The van der Waals surface area contributed by atoms with Crippen molar-refractivity contribution in [3.8, 4) is 17.6 Å². The third-order valence-corrected chi connectivity index (χ3v) is 1.63. The predicted molar refractivity (Wildman–Crippen MR) is 55.0 cm³/mol. The van der Waals surface area contributed by atoms with Crippen LogP contribution >= 0.6 is 0 Å². The van der Waals surface area contributed by atoms with Crippen LogP contribution in [0.2, 0.25) is 0 Å². The van der Waals surface area contributed by atoms with Crippen LogP contribution in [0.15, 0.2) is 18.2 Å². The quantitative estimate of drug-likeness (QED) is 0.292. The summed E-state index contributed by atoms with van der Waals surface area (Å²) in [6.07, 6.45) is 0. The molecular formula is C12H12O2. The lowest BCUT2D eigenvalue weighted by molar-refractivity contribution is -0.128. The molecule has 0 amide bonds. The minimum atomic E-state index is -0.516. The van der Waals surface area contributed by atoms with Gasteiger partial charge in [-0.1, -0.05) is 12.0 Å². The Morgan fingerprint density at radius 3 is 2.29 bits per heavy atom. The van der Waals surface area contributed by atoms with Crippen molar-refractivity contribution in [2.45, 2.75) is 20.8 Å². The van der Waals surface area contributed by atoms with Gasteiger partial charge in [-0.2, -0.15) is 0 Å². The first-order valence-corrected chi connectivity index (χ1v) is 4.34. The molecule has 1 aromatic rings. The maximum absolute atomic E-state index is 11.0. The summed E-state index contributed by atoms with van der Waals surface area (Å²) in [6, 6.07) is 5.63. The Morgan fingerprint density at radius 1 is 1.21 bits per heavy atom. The number of ether oxygens (including phenoxy) is 1. The number of benzene rings is 1. The fraction of sp³-hybridized carbons (Fsp3) is 0.250. The molecule has 0 radical (unpaired) electrons. The van der Waals surface area contributed by atoms with Gasteiger partial charge >= 0.3 is 5.97 Å². The molecule has 0 atom stereocenters. The van der Waals surface area contributed by atoms with Gasteiger partial charge < -0.3 is 4.74 Å². The molecule has 0 heterocycles. The van der Waals surface area contributed by atoms with Gasteiger partial charge in [-0.15, -0.1) is 0 Å². The zero-order valence-electron chi connectivity index (χ0n) is 8.55. The lowest BCUT2D eigenvalue weighted by atomic mass is 10.1. The van der Waals surface area contributed by atoms with Crippen LogP contribution in [-0.4, -0.2) is 5.97 Å². The molecule has 0 aliphatic carbocycles. The van der Waals surface area contributed by atoms with Gasteiger partial charge in [0.15, 0.2) is 0 Å². The Labute approximate surface area is 83.9 Å². The van der Waals surface area contributed by atoms with Crippen molar-refractivity contribution in [2.24, 2.45) is 0 Å². The van der Waals surface area contributed by atoms with Crippen LogP contribution in [0.5, 0.6) is 5.75 Å².